The van der Waals surface area contributed by atoms with Gasteiger partial charge in [-0.2, -0.15) is 0 Å². The Bertz CT molecular complexity index is 493. The van der Waals surface area contributed by atoms with Crippen LogP contribution >= 0.6 is 0 Å². The molecule has 0 aromatic heterocycles. The van der Waals surface area contributed by atoms with Crippen molar-refractivity contribution in [3.05, 3.63) is 35.4 Å². The van der Waals surface area contributed by atoms with Gasteiger partial charge in [-0.05, 0) is 73.3 Å². The average Bonchev–Trinajstić information content (AvgIpc) is 3.37. The van der Waals surface area contributed by atoms with Gasteiger partial charge in [0.25, 0.3) is 0 Å². The van der Waals surface area contributed by atoms with E-state index in [4.69, 9.17) is 5.11 Å². The van der Waals surface area contributed by atoms with Crippen molar-refractivity contribution in [3.63, 3.8) is 0 Å². The van der Waals surface area contributed by atoms with E-state index in [2.05, 4.69) is 52.0 Å². The molecule has 1 N–H and O–H groups in total. The van der Waals surface area contributed by atoms with Crippen LogP contribution in [0.25, 0.3) is 0 Å². The maximum Gasteiger partial charge on any atom is 0.0319 e. The van der Waals surface area contributed by atoms with Crippen molar-refractivity contribution >= 4 is 0 Å². The molecule has 1 aliphatic carbocycles. The first-order valence-corrected chi connectivity index (χ1v) is 11.4. The van der Waals surface area contributed by atoms with Crippen molar-refractivity contribution in [1.29, 1.82) is 0 Å². The second-order valence-corrected chi connectivity index (χ2v) is 10.1. The lowest BCUT2D eigenvalue weighted by Gasteiger charge is -2.17. The number of unbranched alkanes of at least 4 members (excludes halogenated alkanes) is 5. The molecule has 1 fully saturated rings. The van der Waals surface area contributed by atoms with Gasteiger partial charge >= 0.3 is 0 Å². The van der Waals surface area contributed by atoms with Crippen LogP contribution < -0.4 is 0 Å². The summed E-state index contributed by atoms with van der Waals surface area (Å²) in [6.45, 7) is 9.53. The van der Waals surface area contributed by atoms with E-state index in [0.717, 1.165) is 12.5 Å². The molecule has 0 radical (unpaired) electrons. The first kappa shape index (κ1) is 24.2. The zero-order valence-corrected chi connectivity index (χ0v) is 18.9. The molecule has 0 atom stereocenters. The number of aliphatic hydroxyl groups excluding tert-OH is 1. The largest absolute Gasteiger partial charge is 0.400 e. The maximum absolute atomic E-state index is 7.00. The molecule has 1 aromatic rings. The van der Waals surface area contributed by atoms with Gasteiger partial charge in [0.2, 0.25) is 0 Å². The summed E-state index contributed by atoms with van der Waals surface area (Å²) in [5.41, 5.74) is 4.48. The zero-order chi connectivity index (χ0) is 20.2. The number of hydrogen-bond acceptors (Lipinski definition) is 1. The van der Waals surface area contributed by atoms with Gasteiger partial charge in [0.1, 0.15) is 0 Å². The van der Waals surface area contributed by atoms with Gasteiger partial charge in [-0.15, -0.1) is 0 Å². The molecule has 0 amide bonds. The second-order valence-electron chi connectivity index (χ2n) is 10.1. The summed E-state index contributed by atoms with van der Waals surface area (Å²) in [6.07, 6.45) is 18.1. The molecule has 1 heteroatoms. The van der Waals surface area contributed by atoms with E-state index in [-0.39, 0.29) is 0 Å². The highest BCUT2D eigenvalue weighted by atomic mass is 16.2. The third-order valence-corrected chi connectivity index (χ3v) is 6.07. The van der Waals surface area contributed by atoms with Crippen molar-refractivity contribution in [2.45, 2.75) is 111 Å². The minimum absolute atomic E-state index is 0.503. The Hall–Kier alpha value is -0.820. The summed E-state index contributed by atoms with van der Waals surface area (Å²) in [5, 5.41) is 7.00. The van der Waals surface area contributed by atoms with Crippen LogP contribution in [0.2, 0.25) is 0 Å². The SMILES string of the molecule is CC(C)(C)CCCCCCc1ccccc1CCCCCC1(C)CC1.CO. The van der Waals surface area contributed by atoms with E-state index in [0.29, 0.717) is 5.41 Å². The van der Waals surface area contributed by atoms with Gasteiger partial charge in [0, 0.05) is 7.11 Å². The van der Waals surface area contributed by atoms with E-state index in [1.807, 2.05) is 0 Å². The number of hydrogen-bond donors (Lipinski definition) is 1. The third-order valence-electron chi connectivity index (χ3n) is 6.07. The fraction of sp³-hybridized carbons (Fsp3) is 0.769. The summed E-state index contributed by atoms with van der Waals surface area (Å²) in [6, 6.07) is 9.20. The quantitative estimate of drug-likeness (QED) is 0.371. The Labute approximate surface area is 170 Å². The predicted octanol–water partition coefficient (Wildman–Crippen LogP) is 7.74. The predicted molar refractivity (Wildman–Crippen MR) is 120 cm³/mol. The van der Waals surface area contributed by atoms with Crippen LogP contribution in [-0.4, -0.2) is 12.2 Å². The zero-order valence-electron chi connectivity index (χ0n) is 18.9. The molecule has 0 unspecified atom stereocenters. The fourth-order valence-electron chi connectivity index (χ4n) is 3.88. The van der Waals surface area contributed by atoms with Crippen molar-refractivity contribution in [2.24, 2.45) is 10.8 Å². The summed E-state index contributed by atoms with van der Waals surface area (Å²) in [4.78, 5) is 0. The first-order valence-electron chi connectivity index (χ1n) is 11.4. The first-order chi connectivity index (χ1) is 12.9. The monoisotopic (exact) mass is 374 g/mol. The molecule has 0 spiro atoms. The molecule has 0 saturated heterocycles. The lowest BCUT2D eigenvalue weighted by molar-refractivity contribution is 0.357. The molecule has 0 aliphatic heterocycles. The molecular weight excluding hydrogens is 328 g/mol. The number of aliphatic hydroxyl groups is 1. The smallest absolute Gasteiger partial charge is 0.0319 e. The summed E-state index contributed by atoms with van der Waals surface area (Å²) in [7, 11) is 1.00. The fourth-order valence-corrected chi connectivity index (χ4v) is 3.88. The normalized spacial score (nSPS) is 15.2. The van der Waals surface area contributed by atoms with E-state index in [1.165, 1.54) is 83.5 Å². The van der Waals surface area contributed by atoms with E-state index in [1.54, 1.807) is 11.1 Å². The highest BCUT2D eigenvalue weighted by Gasteiger charge is 2.35. The molecule has 27 heavy (non-hydrogen) atoms. The molecule has 1 nitrogen and oxygen atoms in total. The van der Waals surface area contributed by atoms with Gasteiger partial charge in [0.15, 0.2) is 0 Å². The van der Waals surface area contributed by atoms with Crippen molar-refractivity contribution < 1.29 is 5.11 Å². The lowest BCUT2D eigenvalue weighted by atomic mass is 9.89. The topological polar surface area (TPSA) is 20.2 Å². The van der Waals surface area contributed by atoms with Crippen molar-refractivity contribution in [2.75, 3.05) is 7.11 Å². The van der Waals surface area contributed by atoms with Crippen LogP contribution in [0.15, 0.2) is 24.3 Å². The Kier molecular flexibility index (Phi) is 11.3. The Morgan fingerprint density at radius 1 is 0.778 bits per heavy atom. The molecule has 2 rings (SSSR count). The van der Waals surface area contributed by atoms with Gasteiger partial charge in [-0.1, -0.05) is 84.1 Å². The average molecular weight is 375 g/mol. The summed E-state index contributed by atoms with van der Waals surface area (Å²) < 4.78 is 0. The van der Waals surface area contributed by atoms with Gasteiger partial charge in [0.05, 0.1) is 0 Å². The third kappa shape index (κ3) is 11.6. The summed E-state index contributed by atoms with van der Waals surface area (Å²) >= 11 is 0. The summed E-state index contributed by atoms with van der Waals surface area (Å²) in [5.74, 6) is 0. The van der Waals surface area contributed by atoms with E-state index in [9.17, 15) is 0 Å². The van der Waals surface area contributed by atoms with Crippen LogP contribution in [0.1, 0.15) is 109 Å². The van der Waals surface area contributed by atoms with Crippen LogP contribution in [-0.2, 0) is 12.8 Å². The van der Waals surface area contributed by atoms with Crippen molar-refractivity contribution in [1.82, 2.24) is 0 Å². The van der Waals surface area contributed by atoms with Gasteiger partial charge in [-0.25, -0.2) is 0 Å². The minimum atomic E-state index is 0.503. The molecular formula is C26H46O. The van der Waals surface area contributed by atoms with E-state index >= 15 is 0 Å². The Morgan fingerprint density at radius 2 is 1.26 bits per heavy atom. The number of aryl methyl sites for hydroxylation is 2. The molecule has 0 heterocycles. The van der Waals surface area contributed by atoms with Crippen molar-refractivity contribution in [3.8, 4) is 0 Å². The van der Waals surface area contributed by atoms with Gasteiger partial charge in [-0.3, -0.25) is 0 Å². The Morgan fingerprint density at radius 3 is 1.74 bits per heavy atom. The standard InChI is InChI=1S/C25H42.CH4O/c1-24(2,3)18-12-6-5-8-14-22-16-10-11-17-23(22)15-9-7-13-19-25(4)20-21-25;1-2/h10-11,16-17H,5-9,12-15,18-21H2,1-4H3;2H,1H3. The molecule has 1 aliphatic rings. The van der Waals surface area contributed by atoms with Crippen LogP contribution in [0.3, 0.4) is 0 Å². The highest BCUT2D eigenvalue weighted by Crippen LogP contribution is 2.49. The minimum Gasteiger partial charge on any atom is -0.400 e. The van der Waals surface area contributed by atoms with Crippen LogP contribution in [0.5, 0.6) is 0 Å². The molecule has 156 valence electrons. The highest BCUT2D eigenvalue weighted by molar-refractivity contribution is 5.27. The van der Waals surface area contributed by atoms with Gasteiger partial charge < -0.3 is 5.11 Å². The number of rotatable bonds is 12. The molecule has 1 saturated carbocycles. The Balaban J connectivity index is 0.00000176. The molecule has 1 aromatic carbocycles. The molecule has 0 bridgehead atoms. The van der Waals surface area contributed by atoms with Crippen LogP contribution in [0, 0.1) is 10.8 Å². The second kappa shape index (κ2) is 12.6. The number of benzene rings is 1. The van der Waals surface area contributed by atoms with E-state index < -0.39 is 0 Å². The lowest BCUT2D eigenvalue weighted by Crippen LogP contribution is -2.04. The maximum atomic E-state index is 7.00. The van der Waals surface area contributed by atoms with Crippen LogP contribution in [0.4, 0.5) is 0 Å².